The van der Waals surface area contributed by atoms with Gasteiger partial charge in [-0.1, -0.05) is 61.4 Å². The molecule has 0 aromatic heterocycles. The zero-order chi connectivity index (χ0) is 13.1. The highest BCUT2D eigenvalue weighted by atomic mass is 79.9. The topological polar surface area (TPSA) is 54.4 Å². The first-order valence-electron chi connectivity index (χ1n) is 6.55. The van der Waals surface area contributed by atoms with Crippen LogP contribution in [0.25, 0.3) is 0 Å². The van der Waals surface area contributed by atoms with Crippen LogP contribution in [0.4, 0.5) is 0 Å². The highest BCUT2D eigenvalue weighted by Crippen LogP contribution is 2.18. The Balaban J connectivity index is 3.27. The highest BCUT2D eigenvalue weighted by molar-refractivity contribution is 9.09. The van der Waals surface area contributed by atoms with E-state index < -0.39 is 10.1 Å². The number of alkyl halides is 1. The fraction of sp³-hybridized carbons (Fsp3) is 1.00. The molecule has 0 aromatic carbocycles. The molecule has 3 nitrogen and oxygen atoms in total. The summed E-state index contributed by atoms with van der Waals surface area (Å²) in [6.45, 7) is 2.21. The maximum atomic E-state index is 10.5. The van der Waals surface area contributed by atoms with E-state index >= 15 is 0 Å². The second kappa shape index (κ2) is 10.3. The van der Waals surface area contributed by atoms with Crippen LogP contribution in [0, 0.1) is 0 Å². The lowest BCUT2D eigenvalue weighted by molar-refractivity contribution is 0.478. The van der Waals surface area contributed by atoms with Crippen LogP contribution in [-0.2, 0) is 10.1 Å². The highest BCUT2D eigenvalue weighted by Gasteiger charge is 2.05. The zero-order valence-electron chi connectivity index (χ0n) is 10.7. The van der Waals surface area contributed by atoms with E-state index in [9.17, 15) is 8.42 Å². The molecule has 0 radical (unpaired) electrons. The molecule has 0 aliphatic rings. The second-order valence-corrected chi connectivity index (χ2v) is 7.45. The second-order valence-electron chi connectivity index (χ2n) is 4.58. The lowest BCUT2D eigenvalue weighted by atomic mass is 10.1. The van der Waals surface area contributed by atoms with Gasteiger partial charge in [0.2, 0.25) is 0 Å². The van der Waals surface area contributed by atoms with E-state index in [0.29, 0.717) is 11.2 Å². The van der Waals surface area contributed by atoms with Gasteiger partial charge < -0.3 is 0 Å². The molecule has 1 atom stereocenters. The van der Waals surface area contributed by atoms with Gasteiger partial charge in [-0.2, -0.15) is 8.42 Å². The minimum Gasteiger partial charge on any atom is -0.286 e. The van der Waals surface area contributed by atoms with Crippen molar-refractivity contribution in [3.8, 4) is 0 Å². The number of rotatable bonds is 11. The van der Waals surface area contributed by atoms with Crippen molar-refractivity contribution < 1.29 is 13.0 Å². The Kier molecular flexibility index (Phi) is 10.6. The van der Waals surface area contributed by atoms with E-state index in [1.54, 1.807) is 0 Å². The van der Waals surface area contributed by atoms with Crippen molar-refractivity contribution in [1.82, 2.24) is 0 Å². The number of hydrogen-bond acceptors (Lipinski definition) is 2. The van der Waals surface area contributed by atoms with E-state index in [-0.39, 0.29) is 5.75 Å². The molecule has 0 aromatic rings. The lowest BCUT2D eigenvalue weighted by Crippen LogP contribution is -2.03. The lowest BCUT2D eigenvalue weighted by Gasteiger charge is -2.08. The summed E-state index contributed by atoms with van der Waals surface area (Å²) in [5.41, 5.74) is 0. The third-order valence-corrected chi connectivity index (χ3v) is 4.51. The average molecular weight is 329 g/mol. The maximum absolute atomic E-state index is 10.5. The molecule has 1 unspecified atom stereocenters. The molecule has 0 saturated carbocycles. The number of halogens is 1. The van der Waals surface area contributed by atoms with Crippen molar-refractivity contribution in [3.63, 3.8) is 0 Å². The molecule has 0 fully saturated rings. The molecular weight excluding hydrogens is 304 g/mol. The van der Waals surface area contributed by atoms with Gasteiger partial charge in [0.1, 0.15) is 0 Å². The predicted molar refractivity (Wildman–Crippen MR) is 76.4 cm³/mol. The van der Waals surface area contributed by atoms with Crippen molar-refractivity contribution >= 4 is 26.0 Å². The summed E-state index contributed by atoms with van der Waals surface area (Å²) in [7, 11) is -3.75. The maximum Gasteiger partial charge on any atom is 0.264 e. The molecule has 0 heterocycles. The van der Waals surface area contributed by atoms with Crippen LogP contribution in [0.2, 0.25) is 0 Å². The normalized spacial score (nSPS) is 13.8. The summed E-state index contributed by atoms with van der Waals surface area (Å²) in [5, 5.41) is 0. The van der Waals surface area contributed by atoms with Crippen LogP contribution >= 0.6 is 15.9 Å². The number of unbranched alkanes of at least 4 members (excludes halogenated alkanes) is 5. The van der Waals surface area contributed by atoms with Gasteiger partial charge in [0.15, 0.2) is 0 Å². The largest absolute Gasteiger partial charge is 0.286 e. The van der Waals surface area contributed by atoms with Crippen LogP contribution < -0.4 is 0 Å². The van der Waals surface area contributed by atoms with E-state index in [2.05, 4.69) is 22.9 Å². The first kappa shape index (κ1) is 17.4. The van der Waals surface area contributed by atoms with Gasteiger partial charge in [0.25, 0.3) is 10.1 Å². The Morgan fingerprint density at radius 1 is 1.00 bits per heavy atom. The minimum absolute atomic E-state index is 0.0960. The van der Waals surface area contributed by atoms with Crippen LogP contribution in [-0.4, -0.2) is 23.6 Å². The predicted octanol–water partition coefficient (Wildman–Crippen LogP) is 4.17. The molecular formula is C12H25BrO3S. The molecule has 0 rings (SSSR count). The monoisotopic (exact) mass is 328 g/mol. The SMILES string of the molecule is CCCCCC(Br)CCCCCCS(=O)(=O)O. The quantitative estimate of drug-likeness (QED) is 0.352. The Labute approximate surface area is 114 Å². The van der Waals surface area contributed by atoms with Gasteiger partial charge >= 0.3 is 0 Å². The van der Waals surface area contributed by atoms with Crippen LogP contribution in [0.3, 0.4) is 0 Å². The number of hydrogen-bond donors (Lipinski definition) is 1. The van der Waals surface area contributed by atoms with E-state index in [1.807, 2.05) is 0 Å². The van der Waals surface area contributed by atoms with Gasteiger partial charge in [0, 0.05) is 4.83 Å². The first-order chi connectivity index (χ1) is 7.95. The summed E-state index contributed by atoms with van der Waals surface area (Å²) in [4.78, 5) is 0.607. The fourth-order valence-electron chi connectivity index (χ4n) is 1.76. The Morgan fingerprint density at radius 2 is 1.53 bits per heavy atom. The molecule has 0 aliphatic carbocycles. The van der Waals surface area contributed by atoms with Gasteiger partial charge in [0.05, 0.1) is 5.75 Å². The summed E-state index contributed by atoms with van der Waals surface area (Å²) >= 11 is 3.67. The fourth-order valence-corrected chi connectivity index (χ4v) is 2.98. The Morgan fingerprint density at radius 3 is 2.06 bits per heavy atom. The summed E-state index contributed by atoms with van der Waals surface area (Å²) in [6, 6.07) is 0. The smallest absolute Gasteiger partial charge is 0.264 e. The molecule has 0 amide bonds. The van der Waals surface area contributed by atoms with Crippen molar-refractivity contribution in [3.05, 3.63) is 0 Å². The zero-order valence-corrected chi connectivity index (χ0v) is 13.1. The van der Waals surface area contributed by atoms with Crippen molar-refractivity contribution in [1.29, 1.82) is 0 Å². The molecule has 0 aliphatic heterocycles. The van der Waals surface area contributed by atoms with Gasteiger partial charge in [-0.15, -0.1) is 0 Å². The standard InChI is InChI=1S/C12H25BrO3S/c1-2-3-6-9-12(13)10-7-4-5-8-11-17(14,15)16/h12H,2-11H2,1H3,(H,14,15,16). The van der Waals surface area contributed by atoms with Crippen molar-refractivity contribution in [2.24, 2.45) is 0 Å². The molecule has 104 valence electrons. The Bertz CT molecular complexity index is 265. The molecule has 5 heteroatoms. The molecule has 0 bridgehead atoms. The molecule has 1 N–H and O–H groups in total. The average Bonchev–Trinajstić information content (AvgIpc) is 2.22. The van der Waals surface area contributed by atoms with E-state index in [4.69, 9.17) is 4.55 Å². The van der Waals surface area contributed by atoms with Crippen molar-refractivity contribution in [2.45, 2.75) is 69.5 Å². The van der Waals surface area contributed by atoms with E-state index in [1.165, 1.54) is 25.7 Å². The molecule has 0 spiro atoms. The molecule has 17 heavy (non-hydrogen) atoms. The van der Waals surface area contributed by atoms with Crippen LogP contribution in [0.15, 0.2) is 0 Å². The summed E-state index contributed by atoms with van der Waals surface area (Å²) in [6.07, 6.45) is 9.88. The minimum atomic E-state index is -3.75. The summed E-state index contributed by atoms with van der Waals surface area (Å²) < 4.78 is 29.5. The third kappa shape index (κ3) is 14.3. The van der Waals surface area contributed by atoms with E-state index in [0.717, 1.165) is 25.7 Å². The van der Waals surface area contributed by atoms with Gasteiger partial charge in [-0.05, 0) is 19.3 Å². The third-order valence-electron chi connectivity index (χ3n) is 2.79. The Hall–Kier alpha value is 0.390. The van der Waals surface area contributed by atoms with Gasteiger partial charge in [-0.3, -0.25) is 4.55 Å². The van der Waals surface area contributed by atoms with Crippen LogP contribution in [0.1, 0.15) is 64.7 Å². The molecule has 0 saturated heterocycles. The van der Waals surface area contributed by atoms with Gasteiger partial charge in [-0.25, -0.2) is 0 Å². The summed E-state index contributed by atoms with van der Waals surface area (Å²) in [5.74, 6) is -0.0960. The first-order valence-corrected chi connectivity index (χ1v) is 9.07. The van der Waals surface area contributed by atoms with Crippen LogP contribution in [0.5, 0.6) is 0 Å². The van der Waals surface area contributed by atoms with Crippen molar-refractivity contribution in [2.75, 3.05) is 5.75 Å².